The highest BCUT2D eigenvalue weighted by molar-refractivity contribution is 5.72. The smallest absolute Gasteiger partial charge is 0.309 e. The van der Waals surface area contributed by atoms with Gasteiger partial charge in [-0.15, -0.1) is 0 Å². The van der Waals surface area contributed by atoms with Crippen LogP contribution in [0.3, 0.4) is 0 Å². The zero-order valence-electron chi connectivity index (χ0n) is 8.88. The molecule has 0 aromatic carbocycles. The normalized spacial score (nSPS) is 13.0. The summed E-state index contributed by atoms with van der Waals surface area (Å²) in [5, 5.41) is 0. The average molecular weight is 187 g/mol. The summed E-state index contributed by atoms with van der Waals surface area (Å²) < 4.78 is 5.03. The highest BCUT2D eigenvalue weighted by Crippen LogP contribution is 2.04. The predicted octanol–water partition coefficient (Wildman–Crippen LogP) is 1.56. The van der Waals surface area contributed by atoms with Gasteiger partial charge >= 0.3 is 5.97 Å². The Morgan fingerprint density at radius 1 is 1.38 bits per heavy atom. The first kappa shape index (κ1) is 12.4. The van der Waals surface area contributed by atoms with Crippen molar-refractivity contribution in [2.75, 3.05) is 13.2 Å². The quantitative estimate of drug-likeness (QED) is 0.507. The number of nitrogens with two attached hydrogens (primary N) is 1. The van der Waals surface area contributed by atoms with Gasteiger partial charge in [-0.05, 0) is 18.8 Å². The Bertz CT molecular complexity index is 146. The Labute approximate surface area is 80.6 Å². The second-order valence-electron chi connectivity index (χ2n) is 3.84. The molecular weight excluding hydrogens is 166 g/mol. The molecule has 0 radical (unpaired) electrons. The van der Waals surface area contributed by atoms with E-state index in [0.717, 1.165) is 12.8 Å². The summed E-state index contributed by atoms with van der Waals surface area (Å²) in [5.41, 5.74) is 5.32. The fourth-order valence-corrected chi connectivity index (χ4v) is 0.903. The maximum Gasteiger partial charge on any atom is 0.309 e. The highest BCUT2D eigenvalue weighted by Gasteiger charge is 2.11. The van der Waals surface area contributed by atoms with Gasteiger partial charge in [-0.3, -0.25) is 4.79 Å². The first-order chi connectivity index (χ1) is 6.07. The van der Waals surface area contributed by atoms with Gasteiger partial charge in [0.05, 0.1) is 12.5 Å². The van der Waals surface area contributed by atoms with Crippen molar-refractivity contribution in [2.45, 2.75) is 33.6 Å². The van der Waals surface area contributed by atoms with Crippen molar-refractivity contribution >= 4 is 5.97 Å². The standard InChI is InChI=1S/C10H21NO2/c1-8(2)5-4-6-13-10(12)9(3)7-11/h8-9H,4-7,11H2,1-3H3. The van der Waals surface area contributed by atoms with Gasteiger partial charge in [-0.2, -0.15) is 0 Å². The van der Waals surface area contributed by atoms with E-state index >= 15 is 0 Å². The van der Waals surface area contributed by atoms with Gasteiger partial charge in [0.2, 0.25) is 0 Å². The van der Waals surface area contributed by atoms with E-state index in [1.54, 1.807) is 6.92 Å². The van der Waals surface area contributed by atoms with E-state index in [0.29, 0.717) is 19.1 Å². The molecule has 0 spiro atoms. The third-order valence-corrected chi connectivity index (χ3v) is 1.93. The Kier molecular flexibility index (Phi) is 6.59. The molecule has 0 amide bonds. The third-order valence-electron chi connectivity index (χ3n) is 1.93. The van der Waals surface area contributed by atoms with E-state index < -0.39 is 0 Å². The number of hydrogen-bond donors (Lipinski definition) is 1. The third kappa shape index (κ3) is 6.58. The molecule has 3 heteroatoms. The number of rotatable bonds is 6. The van der Waals surface area contributed by atoms with Gasteiger partial charge in [-0.25, -0.2) is 0 Å². The van der Waals surface area contributed by atoms with E-state index in [1.165, 1.54) is 0 Å². The summed E-state index contributed by atoms with van der Waals surface area (Å²) in [6.07, 6.45) is 2.05. The minimum atomic E-state index is -0.175. The number of carbonyl (C=O) groups is 1. The Hall–Kier alpha value is -0.570. The molecule has 0 aliphatic heterocycles. The average Bonchev–Trinajstić information content (AvgIpc) is 2.10. The summed E-state index contributed by atoms with van der Waals surface area (Å²) >= 11 is 0. The molecule has 1 atom stereocenters. The molecule has 0 saturated heterocycles. The molecule has 0 heterocycles. The van der Waals surface area contributed by atoms with Crippen molar-refractivity contribution in [1.29, 1.82) is 0 Å². The lowest BCUT2D eigenvalue weighted by Crippen LogP contribution is -2.23. The molecule has 13 heavy (non-hydrogen) atoms. The SMILES string of the molecule is CC(C)CCCOC(=O)C(C)CN. The fraction of sp³-hybridized carbons (Fsp3) is 0.900. The molecule has 0 fully saturated rings. The molecule has 2 N–H and O–H groups in total. The molecule has 0 aromatic rings. The molecule has 0 aliphatic rings. The first-order valence-electron chi connectivity index (χ1n) is 4.94. The fourth-order valence-electron chi connectivity index (χ4n) is 0.903. The van der Waals surface area contributed by atoms with Crippen molar-refractivity contribution in [3.05, 3.63) is 0 Å². The molecule has 1 unspecified atom stereocenters. The molecular formula is C10H21NO2. The van der Waals surface area contributed by atoms with Gasteiger partial charge in [0.15, 0.2) is 0 Å². The summed E-state index contributed by atoms with van der Waals surface area (Å²) in [7, 11) is 0. The molecule has 0 aliphatic carbocycles. The van der Waals surface area contributed by atoms with Crippen LogP contribution in [0.15, 0.2) is 0 Å². The maximum atomic E-state index is 11.1. The van der Waals surface area contributed by atoms with Crippen LogP contribution in [0, 0.1) is 11.8 Å². The lowest BCUT2D eigenvalue weighted by atomic mass is 10.1. The summed E-state index contributed by atoms with van der Waals surface area (Å²) in [5.74, 6) is 0.330. The zero-order valence-corrected chi connectivity index (χ0v) is 8.88. The monoisotopic (exact) mass is 187 g/mol. The molecule has 0 rings (SSSR count). The Morgan fingerprint density at radius 3 is 2.46 bits per heavy atom. The van der Waals surface area contributed by atoms with Crippen LogP contribution >= 0.6 is 0 Å². The van der Waals surface area contributed by atoms with Crippen molar-refractivity contribution in [1.82, 2.24) is 0 Å². The topological polar surface area (TPSA) is 52.3 Å². The van der Waals surface area contributed by atoms with E-state index in [1.807, 2.05) is 0 Å². The number of hydrogen-bond acceptors (Lipinski definition) is 3. The number of carbonyl (C=O) groups excluding carboxylic acids is 1. The maximum absolute atomic E-state index is 11.1. The van der Waals surface area contributed by atoms with E-state index in [9.17, 15) is 4.79 Å². The Balaban J connectivity index is 3.37. The summed E-state index contributed by atoms with van der Waals surface area (Å²) in [6, 6.07) is 0. The zero-order chi connectivity index (χ0) is 10.3. The molecule has 0 saturated carbocycles. The minimum absolute atomic E-state index is 0.168. The van der Waals surface area contributed by atoms with Gasteiger partial charge in [-0.1, -0.05) is 20.8 Å². The van der Waals surface area contributed by atoms with Crippen molar-refractivity contribution in [3.8, 4) is 0 Å². The molecule has 3 nitrogen and oxygen atoms in total. The van der Waals surface area contributed by atoms with Crippen molar-refractivity contribution < 1.29 is 9.53 Å². The van der Waals surface area contributed by atoms with E-state index in [-0.39, 0.29) is 11.9 Å². The predicted molar refractivity (Wildman–Crippen MR) is 53.2 cm³/mol. The van der Waals surface area contributed by atoms with Crippen LogP contribution in [0.2, 0.25) is 0 Å². The lowest BCUT2D eigenvalue weighted by molar-refractivity contribution is -0.147. The van der Waals surface area contributed by atoms with Crippen LogP contribution in [0.4, 0.5) is 0 Å². The largest absolute Gasteiger partial charge is 0.465 e. The van der Waals surface area contributed by atoms with Gasteiger partial charge in [0, 0.05) is 6.54 Å². The van der Waals surface area contributed by atoms with Gasteiger partial charge in [0.25, 0.3) is 0 Å². The first-order valence-corrected chi connectivity index (χ1v) is 4.94. The van der Waals surface area contributed by atoms with Crippen molar-refractivity contribution in [2.24, 2.45) is 17.6 Å². The van der Waals surface area contributed by atoms with Crippen LogP contribution in [0.25, 0.3) is 0 Å². The summed E-state index contributed by atoms with van der Waals surface area (Å²) in [4.78, 5) is 11.1. The Morgan fingerprint density at radius 2 is 2.00 bits per heavy atom. The lowest BCUT2D eigenvalue weighted by Gasteiger charge is -2.09. The van der Waals surface area contributed by atoms with Gasteiger partial charge < -0.3 is 10.5 Å². The van der Waals surface area contributed by atoms with Gasteiger partial charge in [0.1, 0.15) is 0 Å². The second-order valence-corrected chi connectivity index (χ2v) is 3.84. The van der Waals surface area contributed by atoms with Crippen LogP contribution in [-0.2, 0) is 9.53 Å². The highest BCUT2D eigenvalue weighted by atomic mass is 16.5. The van der Waals surface area contributed by atoms with Crippen LogP contribution in [-0.4, -0.2) is 19.1 Å². The number of ether oxygens (including phenoxy) is 1. The van der Waals surface area contributed by atoms with Crippen LogP contribution in [0.5, 0.6) is 0 Å². The second kappa shape index (κ2) is 6.89. The molecule has 0 bridgehead atoms. The van der Waals surface area contributed by atoms with Crippen LogP contribution < -0.4 is 5.73 Å². The number of esters is 1. The van der Waals surface area contributed by atoms with E-state index in [4.69, 9.17) is 10.5 Å². The van der Waals surface area contributed by atoms with Crippen molar-refractivity contribution in [3.63, 3.8) is 0 Å². The minimum Gasteiger partial charge on any atom is -0.465 e. The summed E-state index contributed by atoms with van der Waals surface area (Å²) in [6.45, 7) is 6.99. The van der Waals surface area contributed by atoms with E-state index in [2.05, 4.69) is 13.8 Å². The van der Waals surface area contributed by atoms with Crippen LogP contribution in [0.1, 0.15) is 33.6 Å². The molecule has 0 aromatic heterocycles. The molecule has 78 valence electrons.